The summed E-state index contributed by atoms with van der Waals surface area (Å²) < 4.78 is 0. The number of hydrogen-bond donors (Lipinski definition) is 0. The zero-order valence-corrected chi connectivity index (χ0v) is 14.7. The first kappa shape index (κ1) is 16.7. The van der Waals surface area contributed by atoms with Crippen molar-refractivity contribution in [2.24, 2.45) is 0 Å². The first-order chi connectivity index (χ1) is 11.3. The topological polar surface area (TPSA) is 19.4 Å². The fraction of sp³-hybridized carbons (Fsp3) is 0.250. The van der Waals surface area contributed by atoms with Gasteiger partial charge in [-0.25, -0.2) is 4.98 Å². The zero-order valence-electron chi connectivity index (χ0n) is 13.9. The normalized spacial score (nSPS) is 15.3. The maximum atomic E-state index is 5.03. The summed E-state index contributed by atoms with van der Waals surface area (Å²) in [4.78, 5) is 9.83. The predicted octanol–water partition coefficient (Wildman–Crippen LogP) is 4.08. The van der Waals surface area contributed by atoms with E-state index in [1.165, 1.54) is 16.3 Å². The lowest BCUT2D eigenvalue weighted by atomic mass is 10.1. The van der Waals surface area contributed by atoms with Crippen LogP contribution in [-0.2, 0) is 0 Å². The van der Waals surface area contributed by atoms with Gasteiger partial charge in [-0.05, 0) is 18.5 Å². The van der Waals surface area contributed by atoms with E-state index in [1.54, 1.807) is 0 Å². The summed E-state index contributed by atoms with van der Waals surface area (Å²) in [5.74, 6) is 1.12. The molecule has 1 saturated heterocycles. The number of halogens is 1. The lowest BCUT2D eigenvalue weighted by Gasteiger charge is -2.34. The van der Waals surface area contributed by atoms with Gasteiger partial charge < -0.3 is 9.80 Å². The van der Waals surface area contributed by atoms with Gasteiger partial charge in [0.2, 0.25) is 0 Å². The van der Waals surface area contributed by atoms with E-state index in [0.29, 0.717) is 0 Å². The van der Waals surface area contributed by atoms with Gasteiger partial charge >= 0.3 is 0 Å². The average Bonchev–Trinajstić information content (AvgIpc) is 2.62. The third-order valence-electron chi connectivity index (χ3n) is 4.59. The van der Waals surface area contributed by atoms with Gasteiger partial charge in [0.15, 0.2) is 0 Å². The van der Waals surface area contributed by atoms with E-state index in [0.717, 1.165) is 37.7 Å². The molecule has 0 radical (unpaired) electrons. The van der Waals surface area contributed by atoms with Crippen molar-refractivity contribution >= 4 is 29.0 Å². The molecule has 1 aliphatic rings. The molecule has 0 atom stereocenters. The highest BCUT2D eigenvalue weighted by Crippen LogP contribution is 2.30. The molecule has 0 aliphatic carbocycles. The van der Waals surface area contributed by atoms with E-state index in [9.17, 15) is 0 Å². The van der Waals surface area contributed by atoms with Gasteiger partial charge in [-0.2, -0.15) is 0 Å². The maximum Gasteiger partial charge on any atom is 0.137 e. The van der Waals surface area contributed by atoms with Gasteiger partial charge in [-0.1, -0.05) is 54.6 Å². The molecule has 1 fully saturated rings. The molecule has 1 aromatic heterocycles. The number of hydrogen-bond acceptors (Lipinski definition) is 3. The summed E-state index contributed by atoms with van der Waals surface area (Å²) >= 11 is 0. The van der Waals surface area contributed by atoms with Crippen LogP contribution in [0.1, 0.15) is 0 Å². The highest BCUT2D eigenvalue weighted by Gasteiger charge is 2.18. The van der Waals surface area contributed by atoms with Crippen LogP contribution in [0.25, 0.3) is 22.0 Å². The molecule has 2 heterocycles. The number of likely N-dealkylation sites (N-methyl/N-ethyl adjacent to an activating group) is 1. The highest BCUT2D eigenvalue weighted by molar-refractivity contribution is 5.95. The molecule has 1 aliphatic heterocycles. The Balaban J connectivity index is 0.00000169. The lowest BCUT2D eigenvalue weighted by molar-refractivity contribution is 0.312. The van der Waals surface area contributed by atoms with Crippen LogP contribution in [0.3, 0.4) is 0 Å². The number of anilines is 1. The van der Waals surface area contributed by atoms with Crippen LogP contribution in [0.5, 0.6) is 0 Å². The summed E-state index contributed by atoms with van der Waals surface area (Å²) in [5.41, 5.74) is 2.23. The second-order valence-corrected chi connectivity index (χ2v) is 6.21. The Morgan fingerprint density at radius 3 is 2.25 bits per heavy atom. The molecule has 0 bridgehead atoms. The molecule has 3 nitrogen and oxygen atoms in total. The van der Waals surface area contributed by atoms with Crippen molar-refractivity contribution in [3.05, 3.63) is 60.7 Å². The largest absolute Gasteiger partial charge is 0.354 e. The number of nitrogens with zero attached hydrogens (tertiary/aromatic N) is 3. The van der Waals surface area contributed by atoms with E-state index in [4.69, 9.17) is 4.98 Å². The van der Waals surface area contributed by atoms with E-state index in [-0.39, 0.29) is 12.4 Å². The van der Waals surface area contributed by atoms with Gasteiger partial charge in [0.1, 0.15) is 5.82 Å². The van der Waals surface area contributed by atoms with Crippen molar-refractivity contribution in [2.45, 2.75) is 0 Å². The van der Waals surface area contributed by atoms with Crippen LogP contribution in [0.4, 0.5) is 5.82 Å². The Bertz CT molecular complexity index is 811. The van der Waals surface area contributed by atoms with Crippen LogP contribution in [0, 0.1) is 0 Å². The van der Waals surface area contributed by atoms with Gasteiger partial charge in [-0.15, -0.1) is 12.4 Å². The fourth-order valence-corrected chi connectivity index (χ4v) is 3.20. The number of pyridine rings is 1. The van der Waals surface area contributed by atoms with E-state index in [1.807, 2.05) is 6.07 Å². The molecular weight excluding hydrogens is 318 g/mol. The minimum Gasteiger partial charge on any atom is -0.354 e. The van der Waals surface area contributed by atoms with Crippen molar-refractivity contribution < 1.29 is 0 Å². The first-order valence-corrected chi connectivity index (χ1v) is 8.20. The van der Waals surface area contributed by atoms with Crippen molar-refractivity contribution in [1.82, 2.24) is 9.88 Å². The Labute approximate surface area is 149 Å². The Morgan fingerprint density at radius 1 is 0.833 bits per heavy atom. The van der Waals surface area contributed by atoms with Gasteiger partial charge in [0.05, 0.1) is 5.69 Å². The molecule has 0 saturated carbocycles. The zero-order chi connectivity index (χ0) is 15.6. The lowest BCUT2D eigenvalue weighted by Crippen LogP contribution is -2.44. The van der Waals surface area contributed by atoms with Crippen LogP contribution in [0.2, 0.25) is 0 Å². The van der Waals surface area contributed by atoms with Crippen molar-refractivity contribution in [1.29, 1.82) is 0 Å². The molecule has 4 heteroatoms. The molecule has 124 valence electrons. The predicted molar refractivity (Wildman–Crippen MR) is 104 cm³/mol. The number of aromatic nitrogens is 1. The standard InChI is InChI=1S/C20H21N3.ClH/c1-22-11-13-23(14-12-22)20-18-10-6-5-9-17(18)15-19(21-20)16-7-3-2-4-8-16;/h2-10,15H,11-14H2,1H3;1H. The molecule has 24 heavy (non-hydrogen) atoms. The monoisotopic (exact) mass is 339 g/mol. The van der Waals surface area contributed by atoms with Crippen LogP contribution >= 0.6 is 12.4 Å². The van der Waals surface area contributed by atoms with E-state index < -0.39 is 0 Å². The Hall–Kier alpha value is -2.10. The summed E-state index contributed by atoms with van der Waals surface area (Å²) in [7, 11) is 2.18. The van der Waals surface area contributed by atoms with Gasteiger partial charge in [-0.3, -0.25) is 0 Å². The fourth-order valence-electron chi connectivity index (χ4n) is 3.20. The SMILES string of the molecule is CN1CCN(c2nc(-c3ccccc3)cc3ccccc23)CC1.Cl. The third-order valence-corrected chi connectivity index (χ3v) is 4.59. The number of rotatable bonds is 2. The number of fused-ring (bicyclic) bond motifs is 1. The van der Waals surface area contributed by atoms with Crippen LogP contribution in [-0.4, -0.2) is 43.1 Å². The van der Waals surface area contributed by atoms with Gasteiger partial charge in [0.25, 0.3) is 0 Å². The van der Waals surface area contributed by atoms with Crippen molar-refractivity contribution in [3.63, 3.8) is 0 Å². The van der Waals surface area contributed by atoms with Crippen molar-refractivity contribution in [2.75, 3.05) is 38.1 Å². The second-order valence-electron chi connectivity index (χ2n) is 6.21. The summed E-state index contributed by atoms with van der Waals surface area (Å²) in [5, 5.41) is 2.51. The Kier molecular flexibility index (Phi) is 5.03. The smallest absolute Gasteiger partial charge is 0.137 e. The minimum atomic E-state index is 0. The molecule has 2 aromatic carbocycles. The van der Waals surface area contributed by atoms with Crippen LogP contribution in [0.15, 0.2) is 60.7 Å². The highest BCUT2D eigenvalue weighted by atomic mass is 35.5. The van der Waals surface area contributed by atoms with E-state index in [2.05, 4.69) is 71.4 Å². The van der Waals surface area contributed by atoms with Crippen LogP contribution < -0.4 is 4.90 Å². The molecule has 0 amide bonds. The molecule has 4 rings (SSSR count). The Morgan fingerprint density at radius 2 is 1.50 bits per heavy atom. The molecular formula is C20H22ClN3. The van der Waals surface area contributed by atoms with Crippen molar-refractivity contribution in [3.8, 4) is 11.3 Å². The third kappa shape index (κ3) is 3.23. The number of benzene rings is 2. The molecule has 0 unspecified atom stereocenters. The molecule has 0 spiro atoms. The maximum absolute atomic E-state index is 5.03. The summed E-state index contributed by atoms with van der Waals surface area (Å²) in [6.07, 6.45) is 0. The number of piperazine rings is 1. The summed E-state index contributed by atoms with van der Waals surface area (Å²) in [6, 6.07) is 21.2. The average molecular weight is 340 g/mol. The quantitative estimate of drug-likeness (QED) is 0.701. The minimum absolute atomic E-state index is 0. The molecule has 3 aromatic rings. The first-order valence-electron chi connectivity index (χ1n) is 8.20. The molecule has 0 N–H and O–H groups in total. The second kappa shape index (κ2) is 7.20. The summed E-state index contributed by atoms with van der Waals surface area (Å²) in [6.45, 7) is 4.24. The van der Waals surface area contributed by atoms with E-state index >= 15 is 0 Å². The van der Waals surface area contributed by atoms with Gasteiger partial charge in [0, 0.05) is 37.1 Å².